The Morgan fingerprint density at radius 1 is 1.20 bits per heavy atom. The van der Waals surface area contributed by atoms with Crippen LogP contribution in [0.3, 0.4) is 0 Å². The lowest BCUT2D eigenvalue weighted by Gasteiger charge is -2.26. The Hall–Kier alpha value is -0.220. The Balaban J connectivity index is 4.62. The molecule has 0 rings (SSSR count). The summed E-state index contributed by atoms with van der Waals surface area (Å²) < 4.78 is 16.5. The van der Waals surface area contributed by atoms with E-state index in [1.165, 1.54) is 0 Å². The van der Waals surface area contributed by atoms with Gasteiger partial charge in [-0.05, 0) is 47.5 Å². The van der Waals surface area contributed by atoms with Gasteiger partial charge in [0.25, 0.3) is 0 Å². The molecule has 0 aliphatic carbocycles. The smallest absolute Gasteiger partial charge is 0.309 e. The van der Waals surface area contributed by atoms with Crippen molar-refractivity contribution < 1.29 is 23.7 Å². The first kappa shape index (κ1) is 19.8. The molecule has 0 heterocycles. The van der Waals surface area contributed by atoms with Crippen LogP contribution in [0.4, 0.5) is 0 Å². The van der Waals surface area contributed by atoms with E-state index in [0.717, 1.165) is 0 Å². The molecule has 0 radical (unpaired) electrons. The van der Waals surface area contributed by atoms with Gasteiger partial charge in [-0.2, -0.15) is 0 Å². The van der Waals surface area contributed by atoms with Gasteiger partial charge in [-0.1, -0.05) is 0 Å². The van der Waals surface area contributed by atoms with Crippen LogP contribution in [0, 0.1) is 5.92 Å². The van der Waals surface area contributed by atoms with Crippen LogP contribution in [-0.4, -0.2) is 42.7 Å². The lowest BCUT2D eigenvalue weighted by molar-refractivity contribution is -0.159. The van der Waals surface area contributed by atoms with Crippen molar-refractivity contribution >= 4 is 14.3 Å². The monoisotopic (exact) mass is 308 g/mol. The zero-order valence-corrected chi connectivity index (χ0v) is 14.2. The molecule has 0 spiro atoms. The Bertz CT molecular complexity index is 259. The van der Waals surface area contributed by atoms with Gasteiger partial charge in [0, 0.05) is 12.8 Å². The summed E-state index contributed by atoms with van der Waals surface area (Å²) >= 11 is 0. The quantitative estimate of drug-likeness (QED) is 0.496. The summed E-state index contributed by atoms with van der Waals surface area (Å²) in [5.41, 5.74) is -0.505. The molecule has 0 bridgehead atoms. The van der Waals surface area contributed by atoms with Gasteiger partial charge in [-0.25, -0.2) is 0 Å². The topological polar surface area (TPSA) is 65.0 Å². The van der Waals surface area contributed by atoms with Crippen LogP contribution < -0.4 is 0 Å². The fourth-order valence-electron chi connectivity index (χ4n) is 1.62. The molecule has 0 aromatic heterocycles. The Kier molecular flexibility index (Phi) is 10.4. The molecule has 6 heteroatoms. The van der Waals surface area contributed by atoms with Gasteiger partial charge in [-0.3, -0.25) is 4.79 Å². The predicted octanol–water partition coefficient (Wildman–Crippen LogP) is 3.10. The van der Waals surface area contributed by atoms with Gasteiger partial charge in [0.1, 0.15) is 5.60 Å². The summed E-state index contributed by atoms with van der Waals surface area (Å²) in [7, 11) is -1.07. The van der Waals surface area contributed by atoms with Gasteiger partial charge in [-0.15, -0.1) is 0 Å². The summed E-state index contributed by atoms with van der Waals surface area (Å²) in [6.07, 6.45) is 1.68. The fraction of sp³-hybridized carbons (Fsp3) is 0.929. The van der Waals surface area contributed by atoms with Crippen molar-refractivity contribution in [3.05, 3.63) is 0 Å². The number of rotatable bonds is 10. The largest absolute Gasteiger partial charge is 0.460 e. The summed E-state index contributed by atoms with van der Waals surface area (Å²) in [4.78, 5) is 12.2. The first-order valence-corrected chi connectivity index (χ1v) is 8.57. The molecule has 120 valence electrons. The number of carbonyl (C=O) groups excluding carboxylic acids is 1. The highest BCUT2D eigenvalue weighted by Gasteiger charge is 2.28. The maximum Gasteiger partial charge on any atom is 0.309 e. The van der Waals surface area contributed by atoms with E-state index < -0.39 is 14.0 Å². The third-order valence-electron chi connectivity index (χ3n) is 2.37. The van der Waals surface area contributed by atoms with Gasteiger partial charge in [0.05, 0.1) is 19.1 Å². The third-order valence-corrected chi connectivity index (χ3v) is 4.20. The van der Waals surface area contributed by atoms with Crippen molar-refractivity contribution in [2.45, 2.75) is 53.1 Å². The Labute approximate surface area is 123 Å². The number of aliphatic hydroxyl groups is 1. The molecule has 1 unspecified atom stereocenters. The average molecular weight is 308 g/mol. The summed E-state index contributed by atoms with van der Waals surface area (Å²) in [6.45, 7) is 10.6. The molecule has 0 aromatic carbocycles. The molecule has 0 amide bonds. The zero-order chi connectivity index (χ0) is 15.6. The normalized spacial score (nSPS) is 13.6. The van der Waals surface area contributed by atoms with E-state index in [-0.39, 0.29) is 18.5 Å². The second-order valence-electron chi connectivity index (χ2n) is 5.45. The van der Waals surface area contributed by atoms with Gasteiger partial charge < -0.3 is 18.9 Å². The molecule has 5 nitrogen and oxygen atoms in total. The first-order chi connectivity index (χ1) is 9.34. The van der Waals surface area contributed by atoms with Crippen LogP contribution in [0.25, 0.3) is 0 Å². The molecule has 0 fully saturated rings. The summed E-state index contributed by atoms with van der Waals surface area (Å²) in [6, 6.07) is 0. The van der Waals surface area contributed by atoms with E-state index in [4.69, 9.17) is 18.9 Å². The van der Waals surface area contributed by atoms with Gasteiger partial charge in [0.15, 0.2) is 8.38 Å². The highest BCUT2D eigenvalue weighted by molar-refractivity contribution is 7.47. The van der Waals surface area contributed by atoms with E-state index in [0.29, 0.717) is 32.2 Å². The number of aliphatic hydroxyl groups excluding tert-OH is 1. The summed E-state index contributed by atoms with van der Waals surface area (Å²) in [5, 5.41) is 8.96. The number of carbonyl (C=O) groups is 1. The van der Waals surface area contributed by atoms with Crippen molar-refractivity contribution in [3.8, 4) is 0 Å². The van der Waals surface area contributed by atoms with Crippen LogP contribution in [0.2, 0.25) is 0 Å². The minimum absolute atomic E-state index is 0.0699. The lowest BCUT2D eigenvalue weighted by atomic mass is 10.1. The summed E-state index contributed by atoms with van der Waals surface area (Å²) in [5.74, 6) is -0.525. The van der Waals surface area contributed by atoms with Crippen LogP contribution in [0.1, 0.15) is 47.5 Å². The molecule has 0 saturated heterocycles. The number of hydrogen-bond acceptors (Lipinski definition) is 5. The van der Waals surface area contributed by atoms with Crippen molar-refractivity contribution in [2.24, 2.45) is 5.92 Å². The molecule has 1 N–H and O–H groups in total. The van der Waals surface area contributed by atoms with Crippen LogP contribution >= 0.6 is 8.38 Å². The second kappa shape index (κ2) is 10.5. The van der Waals surface area contributed by atoms with Gasteiger partial charge >= 0.3 is 5.97 Å². The average Bonchev–Trinajstić information content (AvgIpc) is 2.32. The second-order valence-corrected chi connectivity index (χ2v) is 6.99. The molecule has 20 heavy (non-hydrogen) atoms. The van der Waals surface area contributed by atoms with Crippen LogP contribution in [-0.2, 0) is 18.6 Å². The van der Waals surface area contributed by atoms with E-state index in [1.807, 2.05) is 34.6 Å². The molecule has 0 aliphatic heterocycles. The zero-order valence-electron chi connectivity index (χ0n) is 13.3. The maximum atomic E-state index is 12.2. The number of ether oxygens (including phenoxy) is 1. The van der Waals surface area contributed by atoms with Crippen molar-refractivity contribution in [2.75, 3.05) is 26.0 Å². The fourth-order valence-corrected chi connectivity index (χ4v) is 3.17. The van der Waals surface area contributed by atoms with E-state index in [9.17, 15) is 4.79 Å². The number of hydrogen-bond donors (Lipinski definition) is 1. The molecular formula is C14H29O5P. The first-order valence-electron chi connectivity index (χ1n) is 7.21. The van der Waals surface area contributed by atoms with Crippen molar-refractivity contribution in [1.29, 1.82) is 0 Å². The minimum Gasteiger partial charge on any atom is -0.460 e. The SMILES string of the molecule is CCOP(CC(CCCO)C(=O)OC(C)(C)C)OCC. The molecular weight excluding hydrogens is 279 g/mol. The molecule has 0 aromatic rings. The molecule has 0 aliphatic rings. The third kappa shape index (κ3) is 9.65. The molecule has 0 saturated carbocycles. The molecule has 1 atom stereocenters. The van der Waals surface area contributed by atoms with Crippen LogP contribution in [0.5, 0.6) is 0 Å². The Morgan fingerprint density at radius 3 is 2.15 bits per heavy atom. The Morgan fingerprint density at radius 2 is 1.75 bits per heavy atom. The van der Waals surface area contributed by atoms with Crippen molar-refractivity contribution in [3.63, 3.8) is 0 Å². The van der Waals surface area contributed by atoms with E-state index >= 15 is 0 Å². The van der Waals surface area contributed by atoms with Crippen LogP contribution in [0.15, 0.2) is 0 Å². The minimum atomic E-state index is -1.07. The van der Waals surface area contributed by atoms with E-state index in [1.54, 1.807) is 0 Å². The number of esters is 1. The van der Waals surface area contributed by atoms with Gasteiger partial charge in [0.2, 0.25) is 0 Å². The maximum absolute atomic E-state index is 12.2. The lowest BCUT2D eigenvalue weighted by Crippen LogP contribution is -2.30. The van der Waals surface area contributed by atoms with Crippen molar-refractivity contribution in [1.82, 2.24) is 0 Å². The van der Waals surface area contributed by atoms with E-state index in [2.05, 4.69) is 0 Å². The predicted molar refractivity (Wildman–Crippen MR) is 80.7 cm³/mol. The highest BCUT2D eigenvalue weighted by Crippen LogP contribution is 2.41. The standard InChI is InChI=1S/C14H29O5P/c1-6-17-20(18-7-2)11-12(9-8-10-15)13(16)19-14(3,4)5/h12,15H,6-11H2,1-5H3. The highest BCUT2D eigenvalue weighted by atomic mass is 31.2.